The third-order valence-electron chi connectivity index (χ3n) is 3.64. The summed E-state index contributed by atoms with van der Waals surface area (Å²) in [6.07, 6.45) is 5.71. The molecule has 0 radical (unpaired) electrons. The van der Waals surface area contributed by atoms with E-state index in [0.717, 1.165) is 38.5 Å². The molecule has 0 N–H and O–H groups in total. The number of nitrogens with zero attached hydrogens (tertiary/aromatic N) is 1. The van der Waals surface area contributed by atoms with E-state index in [-0.39, 0.29) is 5.02 Å². The van der Waals surface area contributed by atoms with Gasteiger partial charge in [0.1, 0.15) is 5.82 Å². The Morgan fingerprint density at radius 3 is 2.41 bits per heavy atom. The fraction of sp³-hybridized carbons (Fsp3) is 0.500. The Kier molecular flexibility index (Phi) is 3.69. The topological polar surface area (TPSA) is 23.8 Å². The second-order valence-electron chi connectivity index (χ2n) is 4.71. The van der Waals surface area contributed by atoms with Crippen LogP contribution in [0.1, 0.15) is 44.1 Å². The van der Waals surface area contributed by atoms with Crippen molar-refractivity contribution in [2.75, 3.05) is 0 Å². The molecule has 3 heteroatoms. The number of halogens is 2. The number of hydrogen-bond acceptors (Lipinski definition) is 1. The molecule has 0 amide bonds. The number of benzene rings is 1. The van der Waals surface area contributed by atoms with E-state index >= 15 is 0 Å². The maximum Gasteiger partial charge on any atom is 0.146 e. The summed E-state index contributed by atoms with van der Waals surface area (Å²) >= 11 is 5.81. The van der Waals surface area contributed by atoms with Crippen molar-refractivity contribution in [3.8, 4) is 6.07 Å². The molecule has 1 nitrogen and oxygen atoms in total. The van der Waals surface area contributed by atoms with Crippen LogP contribution < -0.4 is 0 Å². The first-order chi connectivity index (χ1) is 8.19. The summed E-state index contributed by atoms with van der Waals surface area (Å²) < 4.78 is 14.1. The lowest BCUT2D eigenvalue weighted by Gasteiger charge is -2.26. The van der Waals surface area contributed by atoms with Gasteiger partial charge in [-0.15, -0.1) is 0 Å². The Hall–Kier alpha value is -1.07. The van der Waals surface area contributed by atoms with E-state index in [2.05, 4.69) is 6.07 Å². The lowest BCUT2D eigenvalue weighted by atomic mass is 9.75. The predicted molar refractivity (Wildman–Crippen MR) is 66.4 cm³/mol. The number of nitriles is 1. The van der Waals surface area contributed by atoms with Crippen molar-refractivity contribution in [3.63, 3.8) is 0 Å². The highest BCUT2D eigenvalue weighted by Gasteiger charge is 2.35. The second kappa shape index (κ2) is 5.06. The van der Waals surface area contributed by atoms with Gasteiger partial charge in [-0.05, 0) is 18.9 Å². The molecule has 2 rings (SSSR count). The lowest BCUT2D eigenvalue weighted by molar-refractivity contribution is 0.448. The predicted octanol–water partition coefficient (Wildman–Crippen LogP) is 4.59. The maximum atomic E-state index is 14.1. The first-order valence-electron chi connectivity index (χ1n) is 6.05. The zero-order valence-corrected chi connectivity index (χ0v) is 10.4. The summed E-state index contributed by atoms with van der Waals surface area (Å²) in [5.74, 6) is -0.419. The number of rotatable bonds is 1. The van der Waals surface area contributed by atoms with Gasteiger partial charge in [-0.1, -0.05) is 49.4 Å². The van der Waals surface area contributed by atoms with Gasteiger partial charge in [0.15, 0.2) is 0 Å². The summed E-state index contributed by atoms with van der Waals surface area (Å²) in [5, 5.41) is 9.59. The third-order valence-corrected chi connectivity index (χ3v) is 3.93. The zero-order valence-electron chi connectivity index (χ0n) is 9.68. The first-order valence-corrected chi connectivity index (χ1v) is 6.43. The van der Waals surface area contributed by atoms with Crippen LogP contribution in [0.25, 0.3) is 0 Å². The molecule has 0 aromatic heterocycles. The summed E-state index contributed by atoms with van der Waals surface area (Å²) in [7, 11) is 0. The molecule has 0 bridgehead atoms. The van der Waals surface area contributed by atoms with Gasteiger partial charge < -0.3 is 0 Å². The van der Waals surface area contributed by atoms with Gasteiger partial charge in [-0.25, -0.2) is 4.39 Å². The first kappa shape index (κ1) is 12.4. The molecular formula is C14H15ClFN. The zero-order chi connectivity index (χ0) is 12.3. The van der Waals surface area contributed by atoms with Crippen molar-refractivity contribution in [1.29, 1.82) is 5.26 Å². The van der Waals surface area contributed by atoms with Gasteiger partial charge in [0.2, 0.25) is 0 Å². The lowest BCUT2D eigenvalue weighted by Crippen LogP contribution is -2.24. The summed E-state index contributed by atoms with van der Waals surface area (Å²) in [6.45, 7) is 0. The highest BCUT2D eigenvalue weighted by atomic mass is 35.5. The minimum absolute atomic E-state index is 0.112. The normalized spacial score (nSPS) is 19.4. The molecule has 1 aliphatic carbocycles. The molecule has 1 aliphatic rings. The Labute approximate surface area is 106 Å². The SMILES string of the molecule is N#CC1(c2cccc(Cl)c2F)CCCCCC1. The number of hydrogen-bond donors (Lipinski definition) is 0. The van der Waals surface area contributed by atoms with E-state index in [0.29, 0.717) is 5.56 Å². The fourth-order valence-electron chi connectivity index (χ4n) is 2.65. The Bertz CT molecular complexity index is 442. The minimum atomic E-state index is -0.675. The van der Waals surface area contributed by atoms with Crippen LogP contribution in [-0.4, -0.2) is 0 Å². The molecule has 90 valence electrons. The molecule has 0 unspecified atom stereocenters. The second-order valence-corrected chi connectivity index (χ2v) is 5.12. The van der Waals surface area contributed by atoms with Crippen LogP contribution in [0, 0.1) is 17.1 Å². The fourth-order valence-corrected chi connectivity index (χ4v) is 2.82. The van der Waals surface area contributed by atoms with Crippen molar-refractivity contribution in [2.24, 2.45) is 0 Å². The highest BCUT2D eigenvalue weighted by Crippen LogP contribution is 2.40. The van der Waals surface area contributed by atoms with Gasteiger partial charge >= 0.3 is 0 Å². The summed E-state index contributed by atoms with van der Waals surface area (Å²) in [6, 6.07) is 7.30. The summed E-state index contributed by atoms with van der Waals surface area (Å²) in [5.41, 5.74) is -0.194. The summed E-state index contributed by atoms with van der Waals surface area (Å²) in [4.78, 5) is 0. The quantitative estimate of drug-likeness (QED) is 0.670. The van der Waals surface area contributed by atoms with E-state index < -0.39 is 11.2 Å². The molecule has 1 saturated carbocycles. The molecule has 0 spiro atoms. The van der Waals surface area contributed by atoms with Crippen LogP contribution in [0.3, 0.4) is 0 Å². The van der Waals surface area contributed by atoms with Crippen LogP contribution in [0.15, 0.2) is 18.2 Å². The van der Waals surface area contributed by atoms with Gasteiger partial charge in [0, 0.05) is 5.56 Å². The monoisotopic (exact) mass is 251 g/mol. The standard InChI is InChI=1S/C14H15ClFN/c15-12-7-5-6-11(13(12)16)14(10-17)8-3-1-2-4-9-14/h5-7H,1-4,8-9H2. The molecule has 0 saturated heterocycles. The van der Waals surface area contributed by atoms with E-state index in [1.54, 1.807) is 12.1 Å². The van der Waals surface area contributed by atoms with Crippen LogP contribution >= 0.6 is 11.6 Å². The molecule has 0 heterocycles. The molecule has 1 aromatic carbocycles. The van der Waals surface area contributed by atoms with Gasteiger partial charge in [0.25, 0.3) is 0 Å². The van der Waals surface area contributed by atoms with Crippen molar-refractivity contribution in [1.82, 2.24) is 0 Å². The van der Waals surface area contributed by atoms with E-state index in [4.69, 9.17) is 11.6 Å². The average Bonchev–Trinajstić information content (AvgIpc) is 2.59. The van der Waals surface area contributed by atoms with E-state index in [1.807, 2.05) is 0 Å². The van der Waals surface area contributed by atoms with Crippen LogP contribution in [0.4, 0.5) is 4.39 Å². The van der Waals surface area contributed by atoms with Crippen LogP contribution in [-0.2, 0) is 5.41 Å². The van der Waals surface area contributed by atoms with Crippen molar-refractivity contribution >= 4 is 11.6 Å². The highest BCUT2D eigenvalue weighted by molar-refractivity contribution is 6.30. The van der Waals surface area contributed by atoms with Gasteiger partial charge in [-0.2, -0.15) is 5.26 Å². The molecule has 1 aromatic rings. The molecule has 0 aliphatic heterocycles. The molecular weight excluding hydrogens is 237 g/mol. The van der Waals surface area contributed by atoms with Crippen LogP contribution in [0.2, 0.25) is 5.02 Å². The van der Waals surface area contributed by atoms with E-state index in [1.165, 1.54) is 6.07 Å². The van der Waals surface area contributed by atoms with Gasteiger partial charge in [-0.3, -0.25) is 0 Å². The van der Waals surface area contributed by atoms with Crippen molar-refractivity contribution < 1.29 is 4.39 Å². The van der Waals surface area contributed by atoms with Crippen LogP contribution in [0.5, 0.6) is 0 Å². The molecule has 0 atom stereocenters. The Morgan fingerprint density at radius 2 is 1.82 bits per heavy atom. The van der Waals surface area contributed by atoms with Gasteiger partial charge in [0.05, 0.1) is 16.5 Å². The minimum Gasteiger partial charge on any atom is -0.205 e. The maximum absolute atomic E-state index is 14.1. The average molecular weight is 252 g/mol. The van der Waals surface area contributed by atoms with Crippen molar-refractivity contribution in [2.45, 2.75) is 43.9 Å². The molecule has 1 fully saturated rings. The smallest absolute Gasteiger partial charge is 0.146 e. The molecule has 17 heavy (non-hydrogen) atoms. The largest absolute Gasteiger partial charge is 0.205 e. The van der Waals surface area contributed by atoms with E-state index in [9.17, 15) is 9.65 Å². The Balaban J connectivity index is 2.47. The third kappa shape index (κ3) is 2.30. The van der Waals surface area contributed by atoms with Crippen molar-refractivity contribution in [3.05, 3.63) is 34.6 Å². The Morgan fingerprint density at radius 1 is 1.18 bits per heavy atom.